The summed E-state index contributed by atoms with van der Waals surface area (Å²) in [6.45, 7) is 0. The molecule has 84 valence electrons. The molecule has 0 saturated carbocycles. The lowest BCUT2D eigenvalue weighted by atomic mass is 10.1. The molecule has 0 spiro atoms. The number of hydrogen-bond donors (Lipinski definition) is 1. The second-order valence-electron chi connectivity index (χ2n) is 4.48. The fourth-order valence-corrected chi connectivity index (χ4v) is 2.16. The van der Waals surface area contributed by atoms with E-state index in [0.29, 0.717) is 4.48 Å². The zero-order valence-electron chi connectivity index (χ0n) is 9.78. The molecule has 0 aromatic carbocycles. The van der Waals surface area contributed by atoms with Crippen molar-refractivity contribution < 1.29 is 9.28 Å². The minimum absolute atomic E-state index is 0.0938. The highest BCUT2D eigenvalue weighted by Gasteiger charge is 2.29. The van der Waals surface area contributed by atoms with Crippen LogP contribution in [0.3, 0.4) is 0 Å². The van der Waals surface area contributed by atoms with Crippen molar-refractivity contribution in [3.8, 4) is 0 Å². The Kier molecular flexibility index (Phi) is 4.02. The highest BCUT2D eigenvalue weighted by Crippen LogP contribution is 2.12. The highest BCUT2D eigenvalue weighted by atomic mass is 32.1. The number of carbonyl (C=O) groups is 1. The Balaban J connectivity index is 2.69. The third kappa shape index (κ3) is 3.41. The molecule has 15 heavy (non-hydrogen) atoms. The molecule has 1 unspecified atom stereocenters. The summed E-state index contributed by atoms with van der Waals surface area (Å²) in [4.78, 5) is 13.3. The minimum atomic E-state index is -0.0938. The van der Waals surface area contributed by atoms with Gasteiger partial charge in [-0.05, 0) is 18.5 Å². The first-order valence-corrected chi connectivity index (χ1v) is 5.88. The predicted molar refractivity (Wildman–Crippen MR) is 63.9 cm³/mol. The Hall–Kier alpha value is -0.710. The summed E-state index contributed by atoms with van der Waals surface area (Å²) in [7, 11) is 7.55. The third-order valence-corrected chi connectivity index (χ3v) is 3.19. The summed E-state index contributed by atoms with van der Waals surface area (Å²) in [6.07, 6.45) is 0.780. The van der Waals surface area contributed by atoms with Gasteiger partial charge in [0.25, 0.3) is 0 Å². The second kappa shape index (κ2) is 4.88. The van der Waals surface area contributed by atoms with Crippen LogP contribution in [0.2, 0.25) is 0 Å². The second-order valence-corrected chi connectivity index (χ2v) is 5.51. The Morgan fingerprint density at radius 3 is 2.60 bits per heavy atom. The van der Waals surface area contributed by atoms with Crippen LogP contribution in [0.25, 0.3) is 0 Å². The zero-order valence-corrected chi connectivity index (χ0v) is 10.6. The van der Waals surface area contributed by atoms with Gasteiger partial charge in [-0.3, -0.25) is 4.48 Å². The molecule has 1 aromatic rings. The SMILES string of the molecule is CNC(Cc1cccs1)C(=O)[N+](C)(C)C. The summed E-state index contributed by atoms with van der Waals surface area (Å²) in [5, 5.41) is 5.13. The first-order chi connectivity index (χ1) is 6.95. The molecular formula is C11H19N2OS+. The molecule has 4 heteroatoms. The number of quaternary nitrogens is 1. The van der Waals surface area contributed by atoms with Crippen LogP contribution >= 0.6 is 11.3 Å². The average molecular weight is 227 g/mol. The standard InChI is InChI=1S/C11H19N2OS/c1-12-10(11(14)13(2,3)4)8-9-6-5-7-15-9/h5-7,10,12H,8H2,1-4H3/q+1. The van der Waals surface area contributed by atoms with Gasteiger partial charge in [0.15, 0.2) is 0 Å². The van der Waals surface area contributed by atoms with Gasteiger partial charge in [0.1, 0.15) is 6.04 Å². The van der Waals surface area contributed by atoms with Crippen LogP contribution in [-0.4, -0.2) is 44.6 Å². The molecule has 0 radical (unpaired) electrons. The Morgan fingerprint density at radius 1 is 1.53 bits per heavy atom. The first-order valence-electron chi connectivity index (χ1n) is 5.00. The molecule has 1 rings (SSSR count). The van der Waals surface area contributed by atoms with E-state index in [1.807, 2.05) is 39.6 Å². The van der Waals surface area contributed by atoms with Crippen molar-refractivity contribution in [1.29, 1.82) is 0 Å². The summed E-state index contributed by atoms with van der Waals surface area (Å²) >= 11 is 1.70. The molecule has 1 heterocycles. The molecule has 1 amide bonds. The van der Waals surface area contributed by atoms with E-state index in [0.717, 1.165) is 6.42 Å². The molecule has 1 atom stereocenters. The summed E-state index contributed by atoms with van der Waals surface area (Å²) < 4.78 is 0.358. The van der Waals surface area contributed by atoms with E-state index in [9.17, 15) is 4.79 Å². The maximum absolute atomic E-state index is 12.0. The number of thiophene rings is 1. The van der Waals surface area contributed by atoms with E-state index in [1.54, 1.807) is 11.3 Å². The molecule has 0 fully saturated rings. The van der Waals surface area contributed by atoms with Gasteiger partial charge in [0, 0.05) is 11.3 Å². The van der Waals surface area contributed by atoms with E-state index in [-0.39, 0.29) is 11.9 Å². The molecule has 1 N–H and O–H groups in total. The van der Waals surface area contributed by atoms with Crippen molar-refractivity contribution in [2.75, 3.05) is 28.2 Å². The monoisotopic (exact) mass is 227 g/mol. The molecule has 3 nitrogen and oxygen atoms in total. The van der Waals surface area contributed by atoms with Crippen molar-refractivity contribution in [2.24, 2.45) is 0 Å². The number of carbonyl (C=O) groups excluding carboxylic acids is 1. The van der Waals surface area contributed by atoms with Crippen LogP contribution < -0.4 is 5.32 Å². The molecule has 0 aliphatic heterocycles. The average Bonchev–Trinajstić information content (AvgIpc) is 2.64. The van der Waals surface area contributed by atoms with Crippen LogP contribution in [0.5, 0.6) is 0 Å². The van der Waals surface area contributed by atoms with Gasteiger partial charge in [-0.1, -0.05) is 6.07 Å². The molecule has 0 saturated heterocycles. The van der Waals surface area contributed by atoms with Crippen molar-refractivity contribution in [3.05, 3.63) is 22.4 Å². The minimum Gasteiger partial charge on any atom is -0.305 e. The summed E-state index contributed by atoms with van der Waals surface area (Å²) in [6, 6.07) is 3.99. The lowest BCUT2D eigenvalue weighted by molar-refractivity contribution is -0.793. The smallest absolute Gasteiger partial charge is 0.305 e. The molecule has 1 aromatic heterocycles. The molecule has 0 bridgehead atoms. The summed E-state index contributed by atoms with van der Waals surface area (Å²) in [5.41, 5.74) is 0. The Labute approximate surface area is 95.3 Å². The molecule has 0 aliphatic carbocycles. The molecular weight excluding hydrogens is 208 g/mol. The third-order valence-electron chi connectivity index (χ3n) is 2.29. The predicted octanol–water partition coefficient (Wildman–Crippen LogP) is 1.11. The number of rotatable bonds is 4. The van der Waals surface area contributed by atoms with Gasteiger partial charge in [-0.2, -0.15) is 0 Å². The topological polar surface area (TPSA) is 29.1 Å². The van der Waals surface area contributed by atoms with Crippen LogP contribution in [0.1, 0.15) is 4.88 Å². The van der Waals surface area contributed by atoms with Crippen LogP contribution in [-0.2, 0) is 11.2 Å². The van der Waals surface area contributed by atoms with Crippen molar-refractivity contribution in [3.63, 3.8) is 0 Å². The van der Waals surface area contributed by atoms with Crippen molar-refractivity contribution in [1.82, 2.24) is 5.32 Å². The van der Waals surface area contributed by atoms with Crippen molar-refractivity contribution in [2.45, 2.75) is 12.5 Å². The van der Waals surface area contributed by atoms with Gasteiger partial charge in [0.2, 0.25) is 0 Å². The fraction of sp³-hybridized carbons (Fsp3) is 0.545. The zero-order chi connectivity index (χ0) is 11.5. The number of nitrogens with zero attached hydrogens (tertiary/aromatic N) is 1. The molecule has 0 aliphatic rings. The Bertz CT molecular complexity index is 314. The van der Waals surface area contributed by atoms with Gasteiger partial charge in [-0.25, -0.2) is 4.79 Å². The number of hydrogen-bond acceptors (Lipinski definition) is 3. The van der Waals surface area contributed by atoms with Gasteiger partial charge >= 0.3 is 5.91 Å². The largest absolute Gasteiger partial charge is 0.330 e. The van der Waals surface area contributed by atoms with E-state index < -0.39 is 0 Å². The highest BCUT2D eigenvalue weighted by molar-refractivity contribution is 7.09. The lowest BCUT2D eigenvalue weighted by Crippen LogP contribution is -2.52. The quantitative estimate of drug-likeness (QED) is 0.781. The maximum Gasteiger partial charge on any atom is 0.330 e. The van der Waals surface area contributed by atoms with Crippen LogP contribution in [0, 0.1) is 0 Å². The number of likely N-dealkylation sites (N-methyl/N-ethyl adjacent to an activating group) is 2. The van der Waals surface area contributed by atoms with Gasteiger partial charge < -0.3 is 5.32 Å². The van der Waals surface area contributed by atoms with E-state index in [4.69, 9.17) is 0 Å². The lowest BCUT2D eigenvalue weighted by Gasteiger charge is -2.25. The number of amides is 1. The van der Waals surface area contributed by atoms with Gasteiger partial charge in [0.05, 0.1) is 21.1 Å². The van der Waals surface area contributed by atoms with E-state index >= 15 is 0 Å². The fourth-order valence-electron chi connectivity index (χ4n) is 1.41. The van der Waals surface area contributed by atoms with Gasteiger partial charge in [-0.15, -0.1) is 11.3 Å². The van der Waals surface area contributed by atoms with E-state index in [1.165, 1.54) is 4.88 Å². The Morgan fingerprint density at radius 2 is 2.20 bits per heavy atom. The van der Waals surface area contributed by atoms with Crippen molar-refractivity contribution >= 4 is 17.2 Å². The number of nitrogens with one attached hydrogen (secondary N) is 1. The van der Waals surface area contributed by atoms with Crippen LogP contribution in [0.4, 0.5) is 0 Å². The normalized spacial score (nSPS) is 13.9. The van der Waals surface area contributed by atoms with E-state index in [2.05, 4.69) is 11.4 Å². The maximum atomic E-state index is 12.0. The van der Waals surface area contributed by atoms with Crippen LogP contribution in [0.15, 0.2) is 17.5 Å². The summed E-state index contributed by atoms with van der Waals surface area (Å²) in [5.74, 6) is 0.214. The first kappa shape index (κ1) is 12.4.